The van der Waals surface area contributed by atoms with E-state index in [4.69, 9.17) is 16.0 Å². The summed E-state index contributed by atoms with van der Waals surface area (Å²) in [6, 6.07) is 3.12. The zero-order valence-corrected chi connectivity index (χ0v) is 12.6. The normalized spacial score (nSPS) is 11.8. The summed E-state index contributed by atoms with van der Waals surface area (Å²) in [7, 11) is 0. The quantitative estimate of drug-likeness (QED) is 0.784. The fraction of sp³-hybridized carbons (Fsp3) is 0.133. The summed E-state index contributed by atoms with van der Waals surface area (Å²) in [5.74, 6) is -3.83. The SMILES string of the molecule is C=Cc1nc(-c2ccc(Cl)c3[nH]c(=O)oc23)cnc1C(C)(F)F. The second-order valence-corrected chi connectivity index (χ2v) is 5.30. The van der Waals surface area contributed by atoms with Gasteiger partial charge in [0.05, 0.1) is 22.6 Å². The van der Waals surface area contributed by atoms with Gasteiger partial charge < -0.3 is 4.42 Å². The van der Waals surface area contributed by atoms with Crippen molar-refractivity contribution in [2.75, 3.05) is 0 Å². The smallest absolute Gasteiger partial charge is 0.407 e. The monoisotopic (exact) mass is 337 g/mol. The third kappa shape index (κ3) is 2.63. The van der Waals surface area contributed by atoms with Crippen molar-refractivity contribution in [3.63, 3.8) is 0 Å². The van der Waals surface area contributed by atoms with E-state index in [9.17, 15) is 13.6 Å². The Morgan fingerprint density at radius 2 is 2.17 bits per heavy atom. The molecule has 0 atom stereocenters. The van der Waals surface area contributed by atoms with E-state index in [0.717, 1.165) is 6.92 Å². The number of halogens is 3. The number of nitrogens with zero attached hydrogens (tertiary/aromatic N) is 2. The first-order valence-electron chi connectivity index (χ1n) is 6.50. The van der Waals surface area contributed by atoms with Gasteiger partial charge in [-0.3, -0.25) is 9.97 Å². The highest BCUT2D eigenvalue weighted by molar-refractivity contribution is 6.35. The average Bonchev–Trinajstić information content (AvgIpc) is 2.88. The first-order valence-corrected chi connectivity index (χ1v) is 6.88. The molecule has 0 spiro atoms. The topological polar surface area (TPSA) is 71.8 Å². The molecular formula is C15H10ClF2N3O2. The molecule has 0 aliphatic carbocycles. The van der Waals surface area contributed by atoms with Crippen LogP contribution in [0.3, 0.4) is 0 Å². The number of hydrogen-bond acceptors (Lipinski definition) is 4. The van der Waals surface area contributed by atoms with Crippen LogP contribution in [0.4, 0.5) is 8.78 Å². The second kappa shape index (κ2) is 5.27. The molecule has 0 amide bonds. The van der Waals surface area contributed by atoms with Gasteiger partial charge in [0.2, 0.25) is 0 Å². The van der Waals surface area contributed by atoms with Gasteiger partial charge in [-0.05, 0) is 18.2 Å². The predicted molar refractivity (Wildman–Crippen MR) is 82.5 cm³/mol. The minimum absolute atomic E-state index is 0.0454. The molecule has 2 heterocycles. The number of alkyl halides is 2. The lowest BCUT2D eigenvalue weighted by atomic mass is 10.1. The van der Waals surface area contributed by atoms with E-state index < -0.39 is 17.4 Å². The van der Waals surface area contributed by atoms with Gasteiger partial charge in [0.15, 0.2) is 5.58 Å². The maximum atomic E-state index is 13.5. The molecule has 0 unspecified atom stereocenters. The summed E-state index contributed by atoms with van der Waals surface area (Å²) in [6.45, 7) is 4.22. The molecule has 1 N–H and O–H groups in total. The minimum atomic E-state index is -3.15. The van der Waals surface area contributed by atoms with E-state index in [0.29, 0.717) is 16.1 Å². The van der Waals surface area contributed by atoms with E-state index in [2.05, 4.69) is 21.5 Å². The number of benzene rings is 1. The lowest BCUT2D eigenvalue weighted by Crippen LogP contribution is -2.13. The molecule has 118 valence electrons. The van der Waals surface area contributed by atoms with Gasteiger partial charge in [-0.1, -0.05) is 18.2 Å². The van der Waals surface area contributed by atoms with Crippen LogP contribution in [0, 0.1) is 0 Å². The Labute approximate surface area is 133 Å². The Morgan fingerprint density at radius 1 is 1.43 bits per heavy atom. The van der Waals surface area contributed by atoms with E-state index >= 15 is 0 Å². The number of rotatable bonds is 3. The maximum Gasteiger partial charge on any atom is 0.417 e. The highest BCUT2D eigenvalue weighted by Gasteiger charge is 2.30. The molecule has 2 aromatic heterocycles. The number of aromatic amines is 1. The third-order valence-corrected chi connectivity index (χ3v) is 3.53. The van der Waals surface area contributed by atoms with Crippen LogP contribution in [0.15, 0.2) is 34.1 Å². The van der Waals surface area contributed by atoms with Crippen LogP contribution >= 0.6 is 11.6 Å². The van der Waals surface area contributed by atoms with Crippen LogP contribution < -0.4 is 5.76 Å². The summed E-state index contributed by atoms with van der Waals surface area (Å²) in [5, 5.41) is 0.295. The first-order chi connectivity index (χ1) is 10.8. The van der Waals surface area contributed by atoms with Crippen LogP contribution in [0.1, 0.15) is 18.3 Å². The molecule has 3 aromatic rings. The summed E-state index contributed by atoms with van der Waals surface area (Å²) < 4.78 is 32.1. The van der Waals surface area contributed by atoms with Crippen molar-refractivity contribution in [3.05, 3.63) is 51.9 Å². The standard InChI is InChI=1S/C15H10ClF2N3O2/c1-3-9-13(15(2,17)18)19-6-10(20-9)7-4-5-8(16)11-12(7)23-14(22)21-11/h3-6H,1H2,2H3,(H,21,22). The van der Waals surface area contributed by atoms with Gasteiger partial charge in [0.25, 0.3) is 5.92 Å². The minimum Gasteiger partial charge on any atom is -0.407 e. The molecule has 0 saturated carbocycles. The highest BCUT2D eigenvalue weighted by atomic mass is 35.5. The van der Waals surface area contributed by atoms with Gasteiger partial charge >= 0.3 is 5.76 Å². The van der Waals surface area contributed by atoms with Gasteiger partial charge in [-0.15, -0.1) is 0 Å². The lowest BCUT2D eigenvalue weighted by Gasteiger charge is -2.13. The lowest BCUT2D eigenvalue weighted by molar-refractivity contribution is 0.0121. The van der Waals surface area contributed by atoms with Crippen molar-refractivity contribution >= 4 is 28.8 Å². The molecule has 0 aliphatic heterocycles. The van der Waals surface area contributed by atoms with Crippen molar-refractivity contribution in [3.8, 4) is 11.3 Å². The third-order valence-electron chi connectivity index (χ3n) is 3.21. The maximum absolute atomic E-state index is 13.5. The molecule has 0 saturated heterocycles. The summed E-state index contributed by atoms with van der Waals surface area (Å²) >= 11 is 5.99. The number of hydrogen-bond donors (Lipinski definition) is 1. The van der Waals surface area contributed by atoms with Gasteiger partial charge in [-0.25, -0.2) is 9.78 Å². The first kappa shape index (κ1) is 15.4. The van der Waals surface area contributed by atoms with Crippen LogP contribution in [0.2, 0.25) is 5.02 Å². The van der Waals surface area contributed by atoms with E-state index in [1.54, 1.807) is 12.1 Å². The molecule has 0 radical (unpaired) electrons. The van der Waals surface area contributed by atoms with Crippen LogP contribution in [-0.2, 0) is 5.92 Å². The number of aromatic nitrogens is 3. The Morgan fingerprint density at radius 3 is 2.83 bits per heavy atom. The Hall–Kier alpha value is -2.54. The van der Waals surface area contributed by atoms with Crippen LogP contribution in [0.25, 0.3) is 28.4 Å². The zero-order chi connectivity index (χ0) is 16.8. The fourth-order valence-electron chi connectivity index (χ4n) is 2.22. The number of H-pyrrole nitrogens is 1. The highest BCUT2D eigenvalue weighted by Crippen LogP contribution is 2.33. The van der Waals surface area contributed by atoms with Crippen LogP contribution in [-0.4, -0.2) is 15.0 Å². The predicted octanol–water partition coefficient (Wildman–Crippen LogP) is 3.99. The molecule has 5 nitrogen and oxygen atoms in total. The second-order valence-electron chi connectivity index (χ2n) is 4.90. The number of fused-ring (bicyclic) bond motifs is 1. The van der Waals surface area contributed by atoms with Crippen molar-refractivity contribution < 1.29 is 13.2 Å². The summed E-state index contributed by atoms with van der Waals surface area (Å²) in [6.07, 6.45) is 2.39. The van der Waals surface area contributed by atoms with Crippen molar-refractivity contribution in [2.45, 2.75) is 12.8 Å². The van der Waals surface area contributed by atoms with E-state index in [-0.39, 0.29) is 17.0 Å². The molecule has 0 fully saturated rings. The molecule has 1 aromatic carbocycles. The van der Waals surface area contributed by atoms with Gasteiger partial charge in [0.1, 0.15) is 11.2 Å². The molecule has 8 heteroatoms. The number of oxazole rings is 1. The van der Waals surface area contributed by atoms with E-state index in [1.165, 1.54) is 12.3 Å². The Kier molecular flexibility index (Phi) is 3.52. The summed E-state index contributed by atoms with van der Waals surface area (Å²) in [4.78, 5) is 21.8. The molecule has 3 rings (SSSR count). The van der Waals surface area contributed by atoms with Gasteiger partial charge in [-0.2, -0.15) is 8.78 Å². The fourth-order valence-corrected chi connectivity index (χ4v) is 2.41. The van der Waals surface area contributed by atoms with Crippen molar-refractivity contribution in [1.82, 2.24) is 15.0 Å². The number of nitrogens with one attached hydrogen (secondary N) is 1. The van der Waals surface area contributed by atoms with Crippen LogP contribution in [0.5, 0.6) is 0 Å². The molecule has 0 aliphatic rings. The molecule has 0 bridgehead atoms. The average molecular weight is 338 g/mol. The summed E-state index contributed by atoms with van der Waals surface area (Å²) in [5.41, 5.74) is 0.637. The van der Waals surface area contributed by atoms with Crippen molar-refractivity contribution in [2.24, 2.45) is 0 Å². The molecule has 23 heavy (non-hydrogen) atoms. The van der Waals surface area contributed by atoms with Crippen molar-refractivity contribution in [1.29, 1.82) is 0 Å². The van der Waals surface area contributed by atoms with Gasteiger partial charge in [0, 0.05) is 12.5 Å². The Balaban J connectivity index is 2.26. The largest absolute Gasteiger partial charge is 0.417 e. The van der Waals surface area contributed by atoms with E-state index in [1.807, 2.05) is 0 Å². The zero-order valence-electron chi connectivity index (χ0n) is 11.9. The Bertz CT molecular complexity index is 973. The molecular weight excluding hydrogens is 328 g/mol.